The van der Waals surface area contributed by atoms with Crippen LogP contribution in [0.3, 0.4) is 0 Å². The van der Waals surface area contributed by atoms with Crippen molar-refractivity contribution in [3.05, 3.63) is 85.1 Å². The summed E-state index contributed by atoms with van der Waals surface area (Å²) in [6.45, 7) is 3.04. The maximum atomic E-state index is 13.1. The molecule has 0 bridgehead atoms. The molecule has 0 aliphatic heterocycles. The molecule has 9 nitrogen and oxygen atoms in total. The average molecular weight is 591 g/mol. The lowest BCUT2D eigenvalue weighted by molar-refractivity contribution is -0.579. The number of halogens is 4. The Kier molecular flexibility index (Phi) is 6.88. The Hall–Kier alpha value is -4.23. The maximum absolute atomic E-state index is 13.1. The van der Waals surface area contributed by atoms with E-state index in [2.05, 4.69) is 9.97 Å². The van der Waals surface area contributed by atoms with E-state index in [-0.39, 0.29) is 34.8 Å². The van der Waals surface area contributed by atoms with Crippen molar-refractivity contribution in [2.75, 3.05) is 6.61 Å². The van der Waals surface area contributed by atoms with Crippen LogP contribution in [-0.4, -0.2) is 32.2 Å². The highest BCUT2D eigenvalue weighted by Gasteiger charge is 2.35. The molecule has 0 radical (unpaired) electrons. The Morgan fingerprint density at radius 3 is 2.65 bits per heavy atom. The average Bonchev–Trinajstić information content (AvgIpc) is 3.29. The molecule has 4 heterocycles. The topological polar surface area (TPSA) is 121 Å². The highest BCUT2D eigenvalue weighted by atomic mass is 35.5. The van der Waals surface area contributed by atoms with Crippen molar-refractivity contribution in [1.29, 1.82) is 0 Å². The summed E-state index contributed by atoms with van der Waals surface area (Å²) in [7, 11) is 0. The van der Waals surface area contributed by atoms with Crippen molar-refractivity contribution in [2.45, 2.75) is 26.6 Å². The van der Waals surface area contributed by atoms with Crippen molar-refractivity contribution in [3.63, 3.8) is 0 Å². The number of alkyl halides is 3. The van der Waals surface area contributed by atoms with Crippen LogP contribution in [0.5, 0.6) is 5.75 Å². The fourth-order valence-electron chi connectivity index (χ4n) is 4.35. The van der Waals surface area contributed by atoms with Gasteiger partial charge in [-0.15, -0.1) is 11.3 Å². The zero-order valence-electron chi connectivity index (χ0n) is 20.7. The number of carbonyl (C=O) groups is 1. The summed E-state index contributed by atoms with van der Waals surface area (Å²) in [6, 6.07) is 7.35. The smallest absolute Gasteiger partial charge is 0.422 e. The normalized spacial score (nSPS) is 11.8. The Morgan fingerprint density at radius 1 is 1.20 bits per heavy atom. The van der Waals surface area contributed by atoms with E-state index in [1.54, 1.807) is 31.2 Å². The Morgan fingerprint density at radius 2 is 1.95 bits per heavy atom. The van der Waals surface area contributed by atoms with Gasteiger partial charge in [-0.1, -0.05) is 11.6 Å². The fraction of sp³-hybridized carbons (Fsp3) is 0.192. The minimum absolute atomic E-state index is 0.0658. The van der Waals surface area contributed by atoms with E-state index < -0.39 is 28.8 Å². The molecular weight excluding hydrogens is 573 g/mol. The predicted octanol–water partition coefficient (Wildman–Crippen LogP) is 5.37. The van der Waals surface area contributed by atoms with E-state index in [9.17, 15) is 33.1 Å². The van der Waals surface area contributed by atoms with Gasteiger partial charge in [0.1, 0.15) is 29.3 Å². The second-order valence-corrected chi connectivity index (χ2v) is 10.2. The third-order valence-electron chi connectivity index (χ3n) is 6.14. The molecule has 1 N–H and O–H groups in total. The lowest BCUT2D eigenvalue weighted by atomic mass is 10.0. The number of pyridine rings is 2. The third-order valence-corrected chi connectivity index (χ3v) is 7.38. The number of rotatable bonds is 6. The van der Waals surface area contributed by atoms with Crippen molar-refractivity contribution in [1.82, 2.24) is 14.5 Å². The Bertz CT molecular complexity index is 1890. The van der Waals surface area contributed by atoms with E-state index >= 15 is 0 Å². The van der Waals surface area contributed by atoms with Crippen LogP contribution in [0.4, 0.5) is 13.2 Å². The van der Waals surface area contributed by atoms with Crippen LogP contribution in [-0.2, 0) is 12.7 Å². The van der Waals surface area contributed by atoms with Gasteiger partial charge in [-0.3, -0.25) is 14.3 Å². The van der Waals surface area contributed by atoms with Gasteiger partial charge >= 0.3 is 23.2 Å². The summed E-state index contributed by atoms with van der Waals surface area (Å²) in [5.41, 5.74) is -0.681. The zero-order valence-corrected chi connectivity index (χ0v) is 22.3. The molecule has 5 aromatic rings. The largest absolute Gasteiger partial charge is 0.618 e. The predicted molar refractivity (Wildman–Crippen MR) is 142 cm³/mol. The molecule has 0 saturated carbocycles. The van der Waals surface area contributed by atoms with Gasteiger partial charge in [-0.2, -0.15) is 17.9 Å². The fourth-order valence-corrected chi connectivity index (χ4v) is 5.53. The molecule has 0 amide bonds. The van der Waals surface area contributed by atoms with Gasteiger partial charge in [-0.25, -0.2) is 9.78 Å². The third kappa shape index (κ3) is 4.93. The number of benzene rings is 1. The molecule has 40 heavy (non-hydrogen) atoms. The summed E-state index contributed by atoms with van der Waals surface area (Å²) < 4.78 is 47.0. The molecule has 5 rings (SSSR count). The molecule has 0 aliphatic carbocycles. The lowest BCUT2D eigenvalue weighted by Gasteiger charge is -2.15. The second-order valence-electron chi connectivity index (χ2n) is 8.83. The number of ether oxygens (including phenoxy) is 1. The number of carboxylic acids is 1. The number of fused-ring (bicyclic) bond motifs is 2. The highest BCUT2D eigenvalue weighted by Crippen LogP contribution is 2.40. The number of thiophene rings is 1. The second kappa shape index (κ2) is 10.1. The van der Waals surface area contributed by atoms with Gasteiger partial charge in [0, 0.05) is 27.2 Å². The molecular formula is C26H18ClF3N4O5S. The summed E-state index contributed by atoms with van der Waals surface area (Å²) in [5.74, 6) is -0.616. The molecule has 0 saturated heterocycles. The number of aromatic carboxylic acids is 1. The van der Waals surface area contributed by atoms with Gasteiger partial charge in [0.15, 0.2) is 6.20 Å². The van der Waals surface area contributed by atoms with Gasteiger partial charge < -0.3 is 15.1 Å². The molecule has 0 atom stereocenters. The van der Waals surface area contributed by atoms with Crippen molar-refractivity contribution >= 4 is 50.2 Å². The molecule has 0 unspecified atom stereocenters. The number of aryl methyl sites for hydroxylation is 2. The number of carboxylic acid groups (broad SMARTS) is 1. The van der Waals surface area contributed by atoms with E-state index in [4.69, 9.17) is 16.3 Å². The maximum Gasteiger partial charge on any atom is 0.422 e. The first kappa shape index (κ1) is 27.3. The van der Waals surface area contributed by atoms with Crippen LogP contribution in [0.1, 0.15) is 27.4 Å². The van der Waals surface area contributed by atoms with Crippen LogP contribution in [0, 0.1) is 19.1 Å². The van der Waals surface area contributed by atoms with Crippen LogP contribution in [0.15, 0.2) is 46.7 Å². The van der Waals surface area contributed by atoms with Crippen molar-refractivity contribution < 1.29 is 32.5 Å². The van der Waals surface area contributed by atoms with Crippen LogP contribution >= 0.6 is 22.9 Å². The van der Waals surface area contributed by atoms with E-state index in [0.29, 0.717) is 50.1 Å². The summed E-state index contributed by atoms with van der Waals surface area (Å²) in [5, 5.41) is 23.8. The van der Waals surface area contributed by atoms with Crippen molar-refractivity contribution in [2.24, 2.45) is 0 Å². The van der Waals surface area contributed by atoms with Gasteiger partial charge in [0.2, 0.25) is 0 Å². The van der Waals surface area contributed by atoms with Gasteiger partial charge in [0.25, 0.3) is 0 Å². The van der Waals surface area contributed by atoms with Crippen molar-refractivity contribution in [3.8, 4) is 16.9 Å². The van der Waals surface area contributed by atoms with E-state index in [1.165, 1.54) is 23.6 Å². The summed E-state index contributed by atoms with van der Waals surface area (Å²) in [4.78, 5) is 33.1. The SMILES string of the molecule is Cc1cc(-c2cc(Cl)ccc2OCCn2c(C)nc3cc(C(F)(F)F)c[n+]([O-])c3c2=O)c2scc(C(=O)O)c2n1. The summed E-state index contributed by atoms with van der Waals surface area (Å²) >= 11 is 7.49. The zero-order chi connectivity index (χ0) is 28.9. The monoisotopic (exact) mass is 590 g/mol. The van der Waals surface area contributed by atoms with Crippen LogP contribution < -0.4 is 15.0 Å². The quantitative estimate of drug-likeness (QED) is 0.208. The number of hydrogen-bond acceptors (Lipinski definition) is 7. The molecule has 0 spiro atoms. The van der Waals surface area contributed by atoms with E-state index in [0.717, 1.165) is 4.57 Å². The highest BCUT2D eigenvalue weighted by molar-refractivity contribution is 7.18. The summed E-state index contributed by atoms with van der Waals surface area (Å²) in [6.07, 6.45) is -4.47. The first-order valence-corrected chi connectivity index (χ1v) is 12.9. The minimum Gasteiger partial charge on any atom is -0.618 e. The number of hydrogen-bond donors (Lipinski definition) is 1. The van der Waals surface area contributed by atoms with Gasteiger partial charge in [-0.05, 0) is 44.2 Å². The minimum atomic E-state index is -4.77. The van der Waals surface area contributed by atoms with E-state index in [1.807, 2.05) is 0 Å². The van der Waals surface area contributed by atoms with Crippen LogP contribution in [0.2, 0.25) is 5.02 Å². The number of aromatic nitrogens is 4. The molecule has 4 aromatic heterocycles. The molecule has 14 heteroatoms. The Labute approximate surface area is 232 Å². The first-order chi connectivity index (χ1) is 18.8. The van der Waals surface area contributed by atoms with Crippen LogP contribution in [0.25, 0.3) is 32.4 Å². The van der Waals surface area contributed by atoms with Gasteiger partial charge in [0.05, 0.1) is 22.3 Å². The first-order valence-electron chi connectivity index (χ1n) is 11.6. The molecule has 206 valence electrons. The Balaban J connectivity index is 1.49. The molecule has 0 fully saturated rings. The lowest BCUT2D eigenvalue weighted by Crippen LogP contribution is -2.38. The molecule has 0 aliphatic rings. The molecule has 1 aromatic carbocycles. The standard InChI is InChI=1S/C26H18ClF3N4O5S/c1-12-7-17(23-21(31-12)18(11-40-23)25(36)37)16-9-15(27)3-4-20(16)39-6-5-33-13(2)32-19-8-14(26(28,29)30)10-34(38)22(19)24(33)35/h3-4,7-11H,5-6H2,1-2H3,(H,36,37). The number of nitrogens with zero attached hydrogens (tertiary/aromatic N) is 4.